The third-order valence-corrected chi connectivity index (χ3v) is 6.52. The number of hydrogen-bond donors (Lipinski definition) is 2. The van der Waals surface area contributed by atoms with Crippen molar-refractivity contribution in [3.63, 3.8) is 0 Å². The van der Waals surface area contributed by atoms with Crippen molar-refractivity contribution in [2.75, 3.05) is 70.4 Å². The highest BCUT2D eigenvalue weighted by Gasteiger charge is 2.40. The molecule has 2 fully saturated rings. The van der Waals surface area contributed by atoms with Crippen LogP contribution in [0.1, 0.15) is 13.3 Å². The fraction of sp³-hybridized carbons (Fsp3) is 0.650. The van der Waals surface area contributed by atoms with Crippen LogP contribution >= 0.6 is 11.8 Å². The summed E-state index contributed by atoms with van der Waals surface area (Å²) in [4.78, 5) is 7.55. The second kappa shape index (κ2) is 10.2. The first-order valence-corrected chi connectivity index (χ1v) is 11.0. The average Bonchev–Trinajstić information content (AvgIpc) is 3.23. The van der Waals surface area contributed by atoms with E-state index in [9.17, 15) is 0 Å². The van der Waals surface area contributed by atoms with E-state index >= 15 is 0 Å². The van der Waals surface area contributed by atoms with E-state index in [-0.39, 0.29) is 5.54 Å². The maximum atomic E-state index is 5.56. The van der Waals surface area contributed by atoms with Crippen LogP contribution in [0.25, 0.3) is 0 Å². The highest BCUT2D eigenvalue weighted by molar-refractivity contribution is 7.99. The number of aliphatic imine (C=N–C) groups is 1. The normalized spacial score (nSPS) is 23.5. The minimum atomic E-state index is 0.133. The van der Waals surface area contributed by atoms with Gasteiger partial charge in [0.05, 0.1) is 39.5 Å². The van der Waals surface area contributed by atoms with Crippen LogP contribution in [-0.4, -0.2) is 81.5 Å². The first kappa shape index (κ1) is 21.1. The molecule has 0 aliphatic carbocycles. The zero-order valence-corrected chi connectivity index (χ0v) is 17.9. The number of rotatable bonds is 7. The largest absolute Gasteiger partial charge is 0.493 e. The summed E-state index contributed by atoms with van der Waals surface area (Å²) in [6, 6.07) is 5.79. The van der Waals surface area contributed by atoms with E-state index in [1.165, 1.54) is 12.2 Å². The number of ether oxygens (including phenoxy) is 3. The zero-order valence-electron chi connectivity index (χ0n) is 17.1. The molecule has 0 radical (unpaired) electrons. The Labute approximate surface area is 172 Å². The van der Waals surface area contributed by atoms with Gasteiger partial charge < -0.3 is 24.8 Å². The number of nitrogens with zero attached hydrogens (tertiary/aromatic N) is 2. The monoisotopic (exact) mass is 408 g/mol. The molecule has 0 amide bonds. The Balaban J connectivity index is 1.74. The number of morpholine rings is 1. The molecule has 8 heteroatoms. The topological polar surface area (TPSA) is 67.4 Å². The third kappa shape index (κ3) is 5.04. The van der Waals surface area contributed by atoms with Gasteiger partial charge in [-0.15, -0.1) is 0 Å². The number of benzene rings is 1. The lowest BCUT2D eigenvalue weighted by Gasteiger charge is -2.42. The maximum Gasteiger partial charge on any atom is 0.195 e. The molecular formula is C20H32N4O3S. The van der Waals surface area contributed by atoms with Crippen LogP contribution in [-0.2, 0) is 4.74 Å². The van der Waals surface area contributed by atoms with Gasteiger partial charge in [-0.25, -0.2) is 0 Å². The summed E-state index contributed by atoms with van der Waals surface area (Å²) in [5, 5.41) is 6.76. The summed E-state index contributed by atoms with van der Waals surface area (Å²) in [7, 11) is 3.28. The van der Waals surface area contributed by atoms with Crippen molar-refractivity contribution in [2.24, 2.45) is 4.99 Å². The van der Waals surface area contributed by atoms with Crippen molar-refractivity contribution < 1.29 is 14.2 Å². The van der Waals surface area contributed by atoms with Crippen molar-refractivity contribution in [3.8, 4) is 11.5 Å². The summed E-state index contributed by atoms with van der Waals surface area (Å²) in [5.74, 6) is 4.53. The summed E-state index contributed by atoms with van der Waals surface area (Å²) >= 11 is 2.03. The van der Waals surface area contributed by atoms with E-state index in [0.717, 1.165) is 56.8 Å². The lowest BCUT2D eigenvalue weighted by atomic mass is 9.96. The minimum absolute atomic E-state index is 0.133. The highest BCUT2D eigenvalue weighted by Crippen LogP contribution is 2.34. The van der Waals surface area contributed by atoms with E-state index in [0.29, 0.717) is 11.5 Å². The molecule has 2 N–H and O–H groups in total. The fourth-order valence-electron chi connectivity index (χ4n) is 3.69. The van der Waals surface area contributed by atoms with Crippen molar-refractivity contribution in [1.29, 1.82) is 0 Å². The predicted octanol–water partition coefficient (Wildman–Crippen LogP) is 2.29. The Kier molecular flexibility index (Phi) is 7.70. The van der Waals surface area contributed by atoms with E-state index in [1.807, 2.05) is 30.0 Å². The maximum absolute atomic E-state index is 5.56. The Morgan fingerprint density at radius 3 is 2.68 bits per heavy atom. The summed E-state index contributed by atoms with van der Waals surface area (Å²) in [6.45, 7) is 7.29. The second-order valence-corrected chi connectivity index (χ2v) is 8.12. The molecule has 2 saturated heterocycles. The molecule has 1 atom stereocenters. The molecule has 1 aromatic carbocycles. The molecule has 0 saturated carbocycles. The molecule has 0 bridgehead atoms. The first-order chi connectivity index (χ1) is 13.7. The number of anilines is 1. The van der Waals surface area contributed by atoms with Gasteiger partial charge in [-0.05, 0) is 31.2 Å². The molecule has 0 aromatic heterocycles. The fourth-order valence-corrected chi connectivity index (χ4v) is 5.16. The molecule has 7 nitrogen and oxygen atoms in total. The average molecular weight is 409 g/mol. The zero-order chi connectivity index (χ0) is 19.8. The summed E-state index contributed by atoms with van der Waals surface area (Å²) in [6.07, 6.45) is 1.18. The van der Waals surface area contributed by atoms with Gasteiger partial charge in [0.25, 0.3) is 0 Å². The van der Waals surface area contributed by atoms with Crippen molar-refractivity contribution >= 4 is 23.4 Å². The Morgan fingerprint density at radius 2 is 2.04 bits per heavy atom. The first-order valence-electron chi connectivity index (χ1n) is 9.88. The van der Waals surface area contributed by atoms with Gasteiger partial charge in [0.1, 0.15) is 0 Å². The Hall–Kier alpha value is -1.64. The molecule has 1 unspecified atom stereocenters. The molecule has 2 aliphatic rings. The molecule has 2 aliphatic heterocycles. The lowest BCUT2D eigenvalue weighted by Crippen LogP contribution is -2.56. The van der Waals surface area contributed by atoms with Crippen LogP contribution in [0.15, 0.2) is 23.2 Å². The smallest absolute Gasteiger partial charge is 0.195 e. The summed E-state index contributed by atoms with van der Waals surface area (Å²) < 4.78 is 16.3. The second-order valence-electron chi connectivity index (χ2n) is 7.02. The van der Waals surface area contributed by atoms with Crippen LogP contribution in [0.5, 0.6) is 11.5 Å². The van der Waals surface area contributed by atoms with Crippen LogP contribution in [0.3, 0.4) is 0 Å². The molecule has 2 heterocycles. The van der Waals surface area contributed by atoms with E-state index in [1.54, 1.807) is 14.2 Å². The molecule has 3 rings (SSSR count). The van der Waals surface area contributed by atoms with Gasteiger partial charge in [0.15, 0.2) is 17.5 Å². The predicted molar refractivity (Wildman–Crippen MR) is 116 cm³/mol. The molecular weight excluding hydrogens is 376 g/mol. The van der Waals surface area contributed by atoms with Gasteiger partial charge >= 0.3 is 0 Å². The van der Waals surface area contributed by atoms with Gasteiger partial charge in [0, 0.05) is 37.1 Å². The number of nitrogens with one attached hydrogen (secondary N) is 2. The number of thioether (sulfide) groups is 1. The highest BCUT2D eigenvalue weighted by atomic mass is 32.2. The third-order valence-electron chi connectivity index (χ3n) is 5.29. The van der Waals surface area contributed by atoms with Gasteiger partial charge in [-0.3, -0.25) is 9.89 Å². The van der Waals surface area contributed by atoms with Crippen molar-refractivity contribution in [1.82, 2.24) is 10.2 Å². The number of methoxy groups -OCH3 is 2. The SMILES string of the molecule is CCNC(=NCC1(N2CCOCC2)CCSC1)Nc1ccc(OC)c(OC)c1. The lowest BCUT2D eigenvalue weighted by molar-refractivity contribution is -0.0104. The van der Waals surface area contributed by atoms with E-state index in [4.69, 9.17) is 19.2 Å². The Bertz CT molecular complexity index is 659. The standard InChI is InChI=1S/C20H32N4O3S/c1-4-21-19(23-16-5-6-17(25-2)18(13-16)26-3)22-14-20(7-12-28-15-20)24-8-10-27-11-9-24/h5-6,13H,4,7-12,14-15H2,1-3H3,(H2,21,22,23). The summed E-state index contributed by atoms with van der Waals surface area (Å²) in [5.41, 5.74) is 1.05. The van der Waals surface area contributed by atoms with Crippen LogP contribution in [0.2, 0.25) is 0 Å². The van der Waals surface area contributed by atoms with Crippen LogP contribution in [0, 0.1) is 0 Å². The van der Waals surface area contributed by atoms with Gasteiger partial charge in [0.2, 0.25) is 0 Å². The van der Waals surface area contributed by atoms with E-state index < -0.39 is 0 Å². The molecule has 0 spiro atoms. The molecule has 156 valence electrons. The quantitative estimate of drug-likeness (QED) is 0.530. The minimum Gasteiger partial charge on any atom is -0.493 e. The number of guanidine groups is 1. The van der Waals surface area contributed by atoms with Crippen LogP contribution < -0.4 is 20.1 Å². The number of hydrogen-bond acceptors (Lipinski definition) is 6. The van der Waals surface area contributed by atoms with Crippen molar-refractivity contribution in [3.05, 3.63) is 18.2 Å². The Morgan fingerprint density at radius 1 is 1.25 bits per heavy atom. The van der Waals surface area contributed by atoms with E-state index in [2.05, 4.69) is 22.5 Å². The van der Waals surface area contributed by atoms with Crippen molar-refractivity contribution in [2.45, 2.75) is 18.9 Å². The van der Waals surface area contributed by atoms with Gasteiger partial charge in [-0.2, -0.15) is 11.8 Å². The molecule has 1 aromatic rings. The van der Waals surface area contributed by atoms with Gasteiger partial charge in [-0.1, -0.05) is 0 Å². The molecule has 28 heavy (non-hydrogen) atoms. The van der Waals surface area contributed by atoms with Crippen LogP contribution in [0.4, 0.5) is 5.69 Å².